The summed E-state index contributed by atoms with van der Waals surface area (Å²) in [4.78, 5) is 1.05. The lowest BCUT2D eigenvalue weighted by molar-refractivity contribution is 1.45. The molecule has 0 aromatic carbocycles. The second-order valence-corrected chi connectivity index (χ2v) is 2.53. The van der Waals surface area contributed by atoms with Crippen molar-refractivity contribution in [3.05, 3.63) is 35.3 Å². The molecular formula is C8H12S. The van der Waals surface area contributed by atoms with Crippen molar-refractivity contribution < 1.29 is 0 Å². The summed E-state index contributed by atoms with van der Waals surface area (Å²) in [5.74, 6) is 0. The first-order valence-corrected chi connectivity index (χ1v) is 3.28. The Hall–Kier alpha value is -0.430. The molecule has 0 N–H and O–H groups in total. The van der Waals surface area contributed by atoms with Gasteiger partial charge in [0.2, 0.25) is 0 Å². The molecule has 0 saturated heterocycles. The SMILES string of the molecule is C=C/C=C\C(C)=C(/C)S. The third-order valence-corrected chi connectivity index (χ3v) is 1.41. The Bertz CT molecular complexity index is 148. The predicted molar refractivity (Wildman–Crippen MR) is 46.7 cm³/mol. The van der Waals surface area contributed by atoms with Gasteiger partial charge in [-0.15, -0.1) is 12.6 Å². The van der Waals surface area contributed by atoms with Crippen LogP contribution >= 0.6 is 12.6 Å². The average molecular weight is 140 g/mol. The Morgan fingerprint density at radius 3 is 2.33 bits per heavy atom. The van der Waals surface area contributed by atoms with Gasteiger partial charge >= 0.3 is 0 Å². The molecule has 0 saturated carbocycles. The summed E-state index contributed by atoms with van der Waals surface area (Å²) in [6.45, 7) is 7.54. The summed E-state index contributed by atoms with van der Waals surface area (Å²) in [5, 5.41) is 0. The van der Waals surface area contributed by atoms with Gasteiger partial charge in [0.1, 0.15) is 0 Å². The third kappa shape index (κ3) is 4.10. The van der Waals surface area contributed by atoms with Gasteiger partial charge in [-0.1, -0.05) is 24.8 Å². The fourth-order valence-corrected chi connectivity index (χ4v) is 0.408. The van der Waals surface area contributed by atoms with E-state index in [0.717, 1.165) is 4.91 Å². The molecule has 0 fully saturated rings. The van der Waals surface area contributed by atoms with Crippen LogP contribution in [0.15, 0.2) is 35.3 Å². The highest BCUT2D eigenvalue weighted by Gasteiger charge is 1.82. The number of allylic oxidation sites excluding steroid dienone is 5. The molecule has 0 aromatic rings. The second-order valence-electron chi connectivity index (χ2n) is 1.86. The summed E-state index contributed by atoms with van der Waals surface area (Å²) in [6.07, 6.45) is 5.63. The first-order chi connectivity index (χ1) is 4.18. The van der Waals surface area contributed by atoms with Crippen LogP contribution in [0.1, 0.15) is 13.8 Å². The molecule has 0 aliphatic rings. The molecule has 0 amide bonds. The molecule has 9 heavy (non-hydrogen) atoms. The molecule has 0 atom stereocenters. The van der Waals surface area contributed by atoms with Gasteiger partial charge in [0.15, 0.2) is 0 Å². The molecule has 0 unspecified atom stereocenters. The van der Waals surface area contributed by atoms with Crippen LogP contribution in [0.2, 0.25) is 0 Å². The summed E-state index contributed by atoms with van der Waals surface area (Å²) in [5.41, 5.74) is 1.18. The van der Waals surface area contributed by atoms with Gasteiger partial charge < -0.3 is 0 Å². The minimum Gasteiger partial charge on any atom is -0.148 e. The lowest BCUT2D eigenvalue weighted by Gasteiger charge is -1.91. The number of hydrogen-bond donors (Lipinski definition) is 1. The Kier molecular flexibility index (Phi) is 4.24. The summed E-state index contributed by atoms with van der Waals surface area (Å²) >= 11 is 4.16. The van der Waals surface area contributed by atoms with Crippen molar-refractivity contribution in [3.8, 4) is 0 Å². The van der Waals surface area contributed by atoms with Crippen molar-refractivity contribution in [1.82, 2.24) is 0 Å². The summed E-state index contributed by atoms with van der Waals surface area (Å²) in [6, 6.07) is 0. The summed E-state index contributed by atoms with van der Waals surface area (Å²) < 4.78 is 0. The van der Waals surface area contributed by atoms with Crippen LogP contribution in [-0.2, 0) is 0 Å². The van der Waals surface area contributed by atoms with Crippen LogP contribution in [0.3, 0.4) is 0 Å². The molecule has 0 aromatic heterocycles. The third-order valence-electron chi connectivity index (χ3n) is 1.05. The average Bonchev–Trinajstić information content (AvgIpc) is 1.82. The zero-order valence-electron chi connectivity index (χ0n) is 5.89. The number of rotatable bonds is 2. The molecule has 0 aliphatic heterocycles. The van der Waals surface area contributed by atoms with E-state index in [0.29, 0.717) is 0 Å². The lowest BCUT2D eigenvalue weighted by Crippen LogP contribution is -1.68. The molecule has 0 heterocycles. The largest absolute Gasteiger partial charge is 0.148 e. The van der Waals surface area contributed by atoms with E-state index in [1.165, 1.54) is 5.57 Å². The predicted octanol–water partition coefficient (Wildman–Crippen LogP) is 2.95. The van der Waals surface area contributed by atoms with Gasteiger partial charge in [0.05, 0.1) is 0 Å². The Labute approximate surface area is 62.4 Å². The van der Waals surface area contributed by atoms with E-state index >= 15 is 0 Å². The molecule has 1 heteroatoms. The normalized spacial score (nSPS) is 13.7. The molecule has 0 nitrogen and oxygen atoms in total. The minimum absolute atomic E-state index is 1.05. The highest BCUT2D eigenvalue weighted by atomic mass is 32.1. The van der Waals surface area contributed by atoms with E-state index in [-0.39, 0.29) is 0 Å². The maximum atomic E-state index is 4.16. The highest BCUT2D eigenvalue weighted by molar-refractivity contribution is 7.84. The van der Waals surface area contributed by atoms with Crippen LogP contribution in [-0.4, -0.2) is 0 Å². The first kappa shape index (κ1) is 8.57. The molecule has 0 bridgehead atoms. The monoisotopic (exact) mass is 140 g/mol. The Morgan fingerprint density at radius 1 is 1.44 bits per heavy atom. The van der Waals surface area contributed by atoms with Gasteiger partial charge in [-0.3, -0.25) is 0 Å². The van der Waals surface area contributed by atoms with Gasteiger partial charge in [0, 0.05) is 0 Å². The quantitative estimate of drug-likeness (QED) is 0.442. The van der Waals surface area contributed by atoms with Crippen molar-refractivity contribution >= 4 is 12.6 Å². The molecular weight excluding hydrogens is 128 g/mol. The summed E-state index contributed by atoms with van der Waals surface area (Å²) in [7, 11) is 0. The standard InChI is InChI=1S/C8H12S/c1-4-5-6-7(2)8(3)9/h4-6,9H,1H2,2-3H3/b6-5-,8-7+. The molecule has 0 radical (unpaired) electrons. The molecule has 0 spiro atoms. The maximum absolute atomic E-state index is 4.16. The van der Waals surface area contributed by atoms with Crippen LogP contribution in [0, 0.1) is 0 Å². The van der Waals surface area contributed by atoms with E-state index in [9.17, 15) is 0 Å². The van der Waals surface area contributed by atoms with E-state index < -0.39 is 0 Å². The molecule has 0 aliphatic carbocycles. The Morgan fingerprint density at radius 2 is 2.00 bits per heavy atom. The highest BCUT2D eigenvalue weighted by Crippen LogP contribution is 2.07. The zero-order chi connectivity index (χ0) is 7.28. The van der Waals surface area contributed by atoms with Crippen LogP contribution in [0.25, 0.3) is 0 Å². The zero-order valence-corrected chi connectivity index (χ0v) is 6.78. The van der Waals surface area contributed by atoms with Crippen molar-refractivity contribution in [2.75, 3.05) is 0 Å². The van der Waals surface area contributed by atoms with Crippen molar-refractivity contribution in [3.63, 3.8) is 0 Å². The minimum atomic E-state index is 1.05. The fraction of sp³-hybridized carbons (Fsp3) is 0.250. The maximum Gasteiger partial charge on any atom is -0.0186 e. The first-order valence-electron chi connectivity index (χ1n) is 2.84. The van der Waals surface area contributed by atoms with E-state index in [2.05, 4.69) is 19.2 Å². The lowest BCUT2D eigenvalue weighted by atomic mass is 10.2. The smallest absolute Gasteiger partial charge is 0.0186 e. The molecule has 0 rings (SSSR count). The topological polar surface area (TPSA) is 0 Å². The van der Waals surface area contributed by atoms with Gasteiger partial charge in [-0.2, -0.15) is 0 Å². The van der Waals surface area contributed by atoms with E-state index in [1.807, 2.05) is 26.0 Å². The van der Waals surface area contributed by atoms with Crippen LogP contribution < -0.4 is 0 Å². The van der Waals surface area contributed by atoms with Crippen molar-refractivity contribution in [2.24, 2.45) is 0 Å². The second kappa shape index (κ2) is 4.45. The van der Waals surface area contributed by atoms with E-state index in [1.54, 1.807) is 6.08 Å². The fourth-order valence-electron chi connectivity index (χ4n) is 0.333. The van der Waals surface area contributed by atoms with E-state index in [4.69, 9.17) is 0 Å². The van der Waals surface area contributed by atoms with Crippen LogP contribution in [0.4, 0.5) is 0 Å². The van der Waals surface area contributed by atoms with Crippen molar-refractivity contribution in [2.45, 2.75) is 13.8 Å². The van der Waals surface area contributed by atoms with Gasteiger partial charge in [-0.05, 0) is 24.3 Å². The van der Waals surface area contributed by atoms with Gasteiger partial charge in [0.25, 0.3) is 0 Å². The molecule has 50 valence electrons. The number of hydrogen-bond acceptors (Lipinski definition) is 1. The van der Waals surface area contributed by atoms with Crippen molar-refractivity contribution in [1.29, 1.82) is 0 Å². The Balaban J connectivity index is 4.06. The number of thiol groups is 1. The van der Waals surface area contributed by atoms with Gasteiger partial charge in [-0.25, -0.2) is 0 Å². The van der Waals surface area contributed by atoms with Crippen LogP contribution in [0.5, 0.6) is 0 Å².